The van der Waals surface area contributed by atoms with E-state index in [0.717, 1.165) is 12.1 Å². The zero-order valence-corrected chi connectivity index (χ0v) is 13.1. The monoisotopic (exact) mass is 345 g/mol. The Kier molecular flexibility index (Phi) is 4.56. The summed E-state index contributed by atoms with van der Waals surface area (Å²) in [5.41, 5.74) is -1.20. The molecule has 2 aromatic rings. The predicted molar refractivity (Wildman–Crippen MR) is 80.0 cm³/mol. The molecule has 0 radical (unpaired) electrons. The van der Waals surface area contributed by atoms with Crippen LogP contribution >= 0.6 is 0 Å². The second-order valence-electron chi connectivity index (χ2n) is 6.04. The van der Waals surface area contributed by atoms with E-state index >= 15 is 0 Å². The van der Waals surface area contributed by atoms with Gasteiger partial charge in [-0.3, -0.25) is 0 Å². The van der Waals surface area contributed by atoms with Crippen molar-refractivity contribution in [2.45, 2.75) is 32.7 Å². The Balaban J connectivity index is 2.53. The highest BCUT2D eigenvalue weighted by Crippen LogP contribution is 2.28. The number of hydrogen-bond donors (Lipinski definition) is 3. The number of hydrogen-bond acceptors (Lipinski definition) is 5. The third-order valence-electron chi connectivity index (χ3n) is 2.89. The number of aromatic nitrogens is 1. The highest BCUT2D eigenvalue weighted by atomic mass is 19.4. The summed E-state index contributed by atoms with van der Waals surface area (Å²) >= 11 is 0. The average molecular weight is 345 g/mol. The molecular weight excluding hydrogens is 330 g/mol. The van der Waals surface area contributed by atoms with Crippen molar-refractivity contribution in [3.8, 4) is 5.75 Å². The molecule has 0 aliphatic heterocycles. The first-order valence-electron chi connectivity index (χ1n) is 6.88. The van der Waals surface area contributed by atoms with Crippen LogP contribution in [-0.4, -0.2) is 40.1 Å². The van der Waals surface area contributed by atoms with Gasteiger partial charge in [0.15, 0.2) is 0 Å². The van der Waals surface area contributed by atoms with Crippen molar-refractivity contribution in [1.29, 1.82) is 0 Å². The lowest BCUT2D eigenvalue weighted by atomic mass is 9.83. The van der Waals surface area contributed by atoms with E-state index in [1.54, 1.807) is 20.8 Å². The van der Waals surface area contributed by atoms with E-state index in [0.29, 0.717) is 0 Å². The Bertz CT molecular complexity index is 764. The number of halogens is 3. The maximum atomic E-state index is 12.3. The third kappa shape index (κ3) is 4.21. The van der Waals surface area contributed by atoms with Crippen LogP contribution in [0.3, 0.4) is 0 Å². The summed E-state index contributed by atoms with van der Waals surface area (Å²) in [5, 5.41) is 19.0. The lowest BCUT2D eigenvalue weighted by Gasteiger charge is -2.19. The van der Waals surface area contributed by atoms with E-state index in [1.807, 2.05) is 0 Å². The highest BCUT2D eigenvalue weighted by molar-refractivity contribution is 6.60. The number of alkyl halides is 3. The Morgan fingerprint density at radius 2 is 1.83 bits per heavy atom. The number of fused-ring (bicyclic) bond motifs is 1. The largest absolute Gasteiger partial charge is 0.573 e. The van der Waals surface area contributed by atoms with Gasteiger partial charge in [0.2, 0.25) is 0 Å². The van der Waals surface area contributed by atoms with Crippen LogP contribution < -0.4 is 10.3 Å². The van der Waals surface area contributed by atoms with Crippen LogP contribution in [0.2, 0.25) is 0 Å². The smallest absolute Gasteiger partial charge is 0.456 e. The Morgan fingerprint density at radius 3 is 2.33 bits per heavy atom. The molecule has 0 unspecified atom stereocenters. The van der Waals surface area contributed by atoms with E-state index in [1.165, 1.54) is 6.07 Å². The second kappa shape index (κ2) is 6.02. The zero-order chi connectivity index (χ0) is 18.3. The Morgan fingerprint density at radius 1 is 1.21 bits per heavy atom. The standard InChI is InChI=1S/C14H15BF3NO5/c1-13(2,3)24-12(20)10-8-5-4-7(23-14(16,17)18)6-9(8)19-11(10)15(21)22/h4-6,19,21-22H,1-3H3. The minimum absolute atomic E-state index is 0.0701. The predicted octanol–water partition coefficient (Wildman–Crippen LogP) is 1.70. The van der Waals surface area contributed by atoms with Gasteiger partial charge in [-0.05, 0) is 32.9 Å². The van der Waals surface area contributed by atoms with E-state index in [2.05, 4.69) is 9.72 Å². The van der Waals surface area contributed by atoms with Gasteiger partial charge in [-0.2, -0.15) is 0 Å². The zero-order valence-electron chi connectivity index (χ0n) is 13.1. The lowest BCUT2D eigenvalue weighted by Crippen LogP contribution is -2.37. The van der Waals surface area contributed by atoms with Crippen LogP contribution in [0.5, 0.6) is 5.75 Å². The molecule has 10 heteroatoms. The third-order valence-corrected chi connectivity index (χ3v) is 2.89. The number of esters is 1. The molecule has 0 saturated carbocycles. The van der Waals surface area contributed by atoms with Gasteiger partial charge < -0.3 is 24.5 Å². The summed E-state index contributed by atoms with van der Waals surface area (Å²) in [7, 11) is -2.04. The van der Waals surface area contributed by atoms with Gasteiger partial charge in [0.1, 0.15) is 11.4 Å². The number of aromatic amines is 1. The van der Waals surface area contributed by atoms with E-state index in [-0.39, 0.29) is 22.1 Å². The molecule has 0 saturated heterocycles. The van der Waals surface area contributed by atoms with Crippen LogP contribution in [0, 0.1) is 0 Å². The summed E-state index contributed by atoms with van der Waals surface area (Å²) in [6.45, 7) is 4.89. The van der Waals surface area contributed by atoms with E-state index < -0.39 is 30.8 Å². The van der Waals surface area contributed by atoms with Gasteiger partial charge in [-0.1, -0.05) is 0 Å². The van der Waals surface area contributed by atoms with Gasteiger partial charge in [0.05, 0.1) is 11.2 Å². The average Bonchev–Trinajstić information content (AvgIpc) is 2.73. The molecule has 0 fully saturated rings. The minimum Gasteiger partial charge on any atom is -0.456 e. The van der Waals surface area contributed by atoms with Gasteiger partial charge >= 0.3 is 19.5 Å². The minimum atomic E-state index is -4.87. The fourth-order valence-corrected chi connectivity index (χ4v) is 2.14. The molecule has 1 aromatic carbocycles. The molecule has 0 aliphatic carbocycles. The quantitative estimate of drug-likeness (QED) is 0.582. The van der Waals surface area contributed by atoms with Crippen molar-refractivity contribution in [3.63, 3.8) is 0 Å². The fourth-order valence-electron chi connectivity index (χ4n) is 2.14. The number of carbonyl (C=O) groups excluding carboxylic acids is 1. The van der Waals surface area contributed by atoms with Crippen LogP contribution in [0.1, 0.15) is 31.1 Å². The van der Waals surface area contributed by atoms with Gasteiger partial charge in [-0.25, -0.2) is 4.79 Å². The molecule has 0 bridgehead atoms. The van der Waals surface area contributed by atoms with Crippen LogP contribution in [-0.2, 0) is 4.74 Å². The molecule has 6 nitrogen and oxygen atoms in total. The molecule has 1 aromatic heterocycles. The summed E-state index contributed by atoms with van der Waals surface area (Å²) in [6, 6.07) is 3.23. The van der Waals surface area contributed by atoms with Crippen LogP contribution in [0.4, 0.5) is 13.2 Å². The summed E-state index contributed by atoms with van der Waals surface area (Å²) in [5.74, 6) is -1.34. The number of nitrogens with one attached hydrogen (secondary N) is 1. The summed E-state index contributed by atoms with van der Waals surface area (Å²) < 4.78 is 45.8. The Labute approximate surface area is 135 Å². The SMILES string of the molecule is CC(C)(C)OC(=O)c1c(B(O)O)[nH]c2cc(OC(F)(F)F)ccc12. The summed E-state index contributed by atoms with van der Waals surface area (Å²) in [4.78, 5) is 14.8. The molecular formula is C14H15BF3NO5. The van der Waals surface area contributed by atoms with Crippen molar-refractivity contribution in [3.05, 3.63) is 23.8 Å². The maximum absolute atomic E-state index is 12.3. The second-order valence-corrected chi connectivity index (χ2v) is 6.04. The fraction of sp³-hybridized carbons (Fsp3) is 0.357. The van der Waals surface area contributed by atoms with Crippen LogP contribution in [0.15, 0.2) is 18.2 Å². The van der Waals surface area contributed by atoms with Crippen LogP contribution in [0.25, 0.3) is 10.9 Å². The molecule has 2 rings (SSSR count). The first kappa shape index (κ1) is 18.1. The summed E-state index contributed by atoms with van der Waals surface area (Å²) in [6.07, 6.45) is -4.87. The molecule has 24 heavy (non-hydrogen) atoms. The lowest BCUT2D eigenvalue weighted by molar-refractivity contribution is -0.274. The van der Waals surface area contributed by atoms with Crippen molar-refractivity contribution in [2.75, 3.05) is 0 Å². The molecule has 130 valence electrons. The Hall–Kier alpha value is -2.20. The van der Waals surface area contributed by atoms with E-state index in [9.17, 15) is 28.0 Å². The topological polar surface area (TPSA) is 91.8 Å². The number of rotatable bonds is 3. The van der Waals surface area contributed by atoms with Gasteiger partial charge in [0, 0.05) is 17.0 Å². The molecule has 3 N–H and O–H groups in total. The van der Waals surface area contributed by atoms with Gasteiger partial charge in [-0.15, -0.1) is 13.2 Å². The first-order valence-corrected chi connectivity index (χ1v) is 6.88. The molecule has 1 heterocycles. The van der Waals surface area contributed by atoms with Crippen molar-refractivity contribution in [2.24, 2.45) is 0 Å². The molecule has 0 amide bonds. The van der Waals surface area contributed by atoms with Crippen molar-refractivity contribution < 1.29 is 37.5 Å². The van der Waals surface area contributed by atoms with Crippen molar-refractivity contribution in [1.82, 2.24) is 4.98 Å². The van der Waals surface area contributed by atoms with Crippen molar-refractivity contribution >= 4 is 29.6 Å². The number of H-pyrrole nitrogens is 1. The maximum Gasteiger partial charge on any atom is 0.573 e. The van der Waals surface area contributed by atoms with E-state index in [4.69, 9.17) is 4.74 Å². The highest BCUT2D eigenvalue weighted by Gasteiger charge is 2.32. The first-order chi connectivity index (χ1) is 10.9. The molecule has 0 atom stereocenters. The molecule has 0 aliphatic rings. The number of benzene rings is 1. The van der Waals surface area contributed by atoms with Gasteiger partial charge in [0.25, 0.3) is 0 Å². The normalized spacial score (nSPS) is 12.3. The number of carbonyl (C=O) groups is 1. The number of ether oxygens (including phenoxy) is 2. The molecule has 0 spiro atoms.